The summed E-state index contributed by atoms with van der Waals surface area (Å²) in [5, 5.41) is 0. The van der Waals surface area contributed by atoms with Crippen molar-refractivity contribution in [2.24, 2.45) is 0 Å². The van der Waals surface area contributed by atoms with Gasteiger partial charge in [-0.2, -0.15) is 11.8 Å². The van der Waals surface area contributed by atoms with Crippen molar-refractivity contribution in [1.82, 2.24) is 9.88 Å². The maximum atomic E-state index is 4.28. The van der Waals surface area contributed by atoms with E-state index in [4.69, 9.17) is 0 Å². The summed E-state index contributed by atoms with van der Waals surface area (Å²) in [6, 6.07) is 0.636. The lowest BCUT2D eigenvalue weighted by Gasteiger charge is -2.23. The molecule has 86 valence electrons. The van der Waals surface area contributed by atoms with Crippen LogP contribution in [-0.2, 0) is 6.54 Å². The second-order valence-electron chi connectivity index (χ2n) is 3.78. The molecule has 0 radical (unpaired) electrons. The van der Waals surface area contributed by atoms with Crippen molar-refractivity contribution in [2.75, 3.05) is 18.6 Å². The third-order valence-corrected chi connectivity index (χ3v) is 4.60. The van der Waals surface area contributed by atoms with Gasteiger partial charge in [-0.05, 0) is 26.6 Å². The van der Waals surface area contributed by atoms with Gasteiger partial charge in [0.25, 0.3) is 0 Å². The van der Waals surface area contributed by atoms with Gasteiger partial charge >= 0.3 is 0 Å². The van der Waals surface area contributed by atoms with Gasteiger partial charge in [0.2, 0.25) is 0 Å². The minimum Gasteiger partial charge on any atom is -0.298 e. The van der Waals surface area contributed by atoms with Crippen molar-refractivity contribution in [2.45, 2.75) is 33.4 Å². The molecule has 1 aromatic rings. The standard InChI is InChI=1S/C11H20N2S2/c1-5-14-7-9(2)13(4)6-11-10(3)12-8-15-11/h8-9H,5-7H2,1-4H3/t9-/m1/s1. The highest BCUT2D eigenvalue weighted by Gasteiger charge is 2.11. The molecule has 0 spiro atoms. The first-order valence-electron chi connectivity index (χ1n) is 5.32. The number of hydrogen-bond donors (Lipinski definition) is 0. The molecule has 2 nitrogen and oxygen atoms in total. The van der Waals surface area contributed by atoms with Crippen molar-refractivity contribution in [3.63, 3.8) is 0 Å². The van der Waals surface area contributed by atoms with Gasteiger partial charge in [0.05, 0.1) is 11.2 Å². The van der Waals surface area contributed by atoms with Crippen LogP contribution < -0.4 is 0 Å². The highest BCUT2D eigenvalue weighted by molar-refractivity contribution is 7.99. The third-order valence-electron chi connectivity index (χ3n) is 2.55. The zero-order valence-corrected chi connectivity index (χ0v) is 11.6. The average molecular weight is 244 g/mol. The molecule has 0 saturated heterocycles. The molecule has 0 amide bonds. The van der Waals surface area contributed by atoms with E-state index in [0.29, 0.717) is 6.04 Å². The molecule has 0 aliphatic carbocycles. The second-order valence-corrected chi connectivity index (χ2v) is 6.04. The molecule has 1 rings (SSSR count). The van der Waals surface area contributed by atoms with Crippen LogP contribution in [0, 0.1) is 6.92 Å². The number of thioether (sulfide) groups is 1. The smallest absolute Gasteiger partial charge is 0.0798 e. The number of aryl methyl sites for hydroxylation is 1. The molecular weight excluding hydrogens is 224 g/mol. The van der Waals surface area contributed by atoms with Crippen LogP contribution >= 0.6 is 23.1 Å². The van der Waals surface area contributed by atoms with Gasteiger partial charge in [0.15, 0.2) is 0 Å². The first-order valence-corrected chi connectivity index (χ1v) is 7.35. The van der Waals surface area contributed by atoms with Gasteiger partial charge in [-0.3, -0.25) is 4.90 Å². The van der Waals surface area contributed by atoms with Gasteiger partial charge < -0.3 is 0 Å². The lowest BCUT2D eigenvalue weighted by Crippen LogP contribution is -2.30. The quantitative estimate of drug-likeness (QED) is 0.765. The van der Waals surface area contributed by atoms with E-state index in [2.05, 4.69) is 37.7 Å². The normalized spacial score (nSPS) is 13.4. The number of rotatable bonds is 6. The summed E-state index contributed by atoms with van der Waals surface area (Å²) in [6.07, 6.45) is 0. The van der Waals surface area contributed by atoms with Crippen LogP contribution in [-0.4, -0.2) is 34.5 Å². The summed E-state index contributed by atoms with van der Waals surface area (Å²) < 4.78 is 0. The summed E-state index contributed by atoms with van der Waals surface area (Å²) in [4.78, 5) is 8.08. The highest BCUT2D eigenvalue weighted by Crippen LogP contribution is 2.16. The fourth-order valence-corrected chi connectivity index (χ4v) is 2.95. The fraction of sp³-hybridized carbons (Fsp3) is 0.727. The minimum atomic E-state index is 0.636. The molecule has 15 heavy (non-hydrogen) atoms. The molecule has 0 aliphatic heterocycles. The van der Waals surface area contributed by atoms with Gasteiger partial charge in [0.1, 0.15) is 0 Å². The third kappa shape index (κ3) is 4.13. The van der Waals surface area contributed by atoms with Crippen LogP contribution in [0.5, 0.6) is 0 Å². The number of nitrogens with zero attached hydrogens (tertiary/aromatic N) is 2. The molecule has 0 fully saturated rings. The van der Waals surface area contributed by atoms with E-state index in [-0.39, 0.29) is 0 Å². The van der Waals surface area contributed by atoms with Crippen molar-refractivity contribution in [3.05, 3.63) is 16.1 Å². The Morgan fingerprint density at radius 3 is 2.87 bits per heavy atom. The van der Waals surface area contributed by atoms with Gasteiger partial charge in [0, 0.05) is 23.2 Å². The highest BCUT2D eigenvalue weighted by atomic mass is 32.2. The Morgan fingerprint density at radius 1 is 1.60 bits per heavy atom. The molecular formula is C11H20N2S2. The van der Waals surface area contributed by atoms with E-state index in [1.807, 2.05) is 17.3 Å². The number of aromatic nitrogens is 1. The van der Waals surface area contributed by atoms with E-state index in [9.17, 15) is 0 Å². The van der Waals surface area contributed by atoms with Gasteiger partial charge in [-0.25, -0.2) is 4.98 Å². The minimum absolute atomic E-state index is 0.636. The van der Waals surface area contributed by atoms with Gasteiger partial charge in [-0.1, -0.05) is 6.92 Å². The molecule has 4 heteroatoms. The van der Waals surface area contributed by atoms with E-state index < -0.39 is 0 Å². The first-order chi connectivity index (χ1) is 7.15. The Balaban J connectivity index is 2.41. The topological polar surface area (TPSA) is 16.1 Å². The second kappa shape index (κ2) is 6.51. The van der Waals surface area contributed by atoms with E-state index in [1.54, 1.807) is 11.3 Å². The number of thiazole rings is 1. The van der Waals surface area contributed by atoms with E-state index >= 15 is 0 Å². The predicted octanol–water partition coefficient (Wildman–Crippen LogP) is 3.02. The Bertz CT molecular complexity index is 286. The molecule has 0 N–H and O–H groups in total. The van der Waals surface area contributed by atoms with Crippen LogP contribution in [0.2, 0.25) is 0 Å². The Hall–Kier alpha value is -0.0600. The molecule has 1 heterocycles. The first kappa shape index (κ1) is 13.0. The van der Waals surface area contributed by atoms with Crippen molar-refractivity contribution in [1.29, 1.82) is 0 Å². The lowest BCUT2D eigenvalue weighted by molar-refractivity contribution is 0.271. The maximum absolute atomic E-state index is 4.28. The van der Waals surface area contributed by atoms with E-state index in [0.717, 1.165) is 6.54 Å². The monoisotopic (exact) mass is 244 g/mol. The van der Waals surface area contributed by atoms with Crippen LogP contribution in [0.1, 0.15) is 24.4 Å². The lowest BCUT2D eigenvalue weighted by atomic mass is 10.3. The molecule has 0 bridgehead atoms. The SMILES string of the molecule is CCSC[C@@H](C)N(C)Cc1scnc1C. The van der Waals surface area contributed by atoms with Crippen LogP contribution in [0.25, 0.3) is 0 Å². The molecule has 0 saturated carbocycles. The fourth-order valence-electron chi connectivity index (χ4n) is 1.28. The average Bonchev–Trinajstić information content (AvgIpc) is 2.61. The summed E-state index contributed by atoms with van der Waals surface area (Å²) in [5.74, 6) is 2.42. The zero-order valence-electron chi connectivity index (χ0n) is 9.99. The van der Waals surface area contributed by atoms with Crippen LogP contribution in [0.3, 0.4) is 0 Å². The molecule has 0 aliphatic rings. The molecule has 1 aromatic heterocycles. The number of hydrogen-bond acceptors (Lipinski definition) is 4. The van der Waals surface area contributed by atoms with Gasteiger partial charge in [-0.15, -0.1) is 11.3 Å². The predicted molar refractivity (Wildman–Crippen MR) is 70.8 cm³/mol. The summed E-state index contributed by atoms with van der Waals surface area (Å²) in [7, 11) is 2.19. The largest absolute Gasteiger partial charge is 0.298 e. The Morgan fingerprint density at radius 2 is 2.33 bits per heavy atom. The molecule has 0 unspecified atom stereocenters. The summed E-state index contributed by atoms with van der Waals surface area (Å²) in [6.45, 7) is 7.62. The van der Waals surface area contributed by atoms with Crippen LogP contribution in [0.4, 0.5) is 0 Å². The van der Waals surface area contributed by atoms with Crippen LogP contribution in [0.15, 0.2) is 5.51 Å². The molecule has 0 aromatic carbocycles. The summed E-state index contributed by atoms with van der Waals surface area (Å²) >= 11 is 3.77. The Kier molecular flexibility index (Phi) is 5.64. The van der Waals surface area contributed by atoms with E-state index in [1.165, 1.54) is 22.1 Å². The Labute approximate surface area is 101 Å². The summed E-state index contributed by atoms with van der Waals surface area (Å²) in [5.41, 5.74) is 3.12. The van der Waals surface area contributed by atoms with Crippen molar-refractivity contribution in [3.8, 4) is 0 Å². The maximum Gasteiger partial charge on any atom is 0.0798 e. The zero-order chi connectivity index (χ0) is 11.3. The molecule has 1 atom stereocenters. The van der Waals surface area contributed by atoms with Crippen molar-refractivity contribution >= 4 is 23.1 Å². The van der Waals surface area contributed by atoms with Crippen molar-refractivity contribution < 1.29 is 0 Å².